The van der Waals surface area contributed by atoms with E-state index in [-0.39, 0.29) is 25.9 Å². The van der Waals surface area contributed by atoms with Crippen LogP contribution < -0.4 is 0 Å². The van der Waals surface area contributed by atoms with Gasteiger partial charge < -0.3 is 39.0 Å². The Morgan fingerprint density at radius 3 is 1.16 bits per heavy atom. The van der Waals surface area contributed by atoms with Gasteiger partial charge >= 0.3 is 23.9 Å². The largest absolute Gasteiger partial charge is 0.479 e. The molecule has 1 fully saturated rings. The first-order valence-electron chi connectivity index (χ1n) is 35.0. The molecule has 484 valence electrons. The van der Waals surface area contributed by atoms with Crippen LogP contribution in [0.1, 0.15) is 342 Å². The predicted molar refractivity (Wildman–Crippen MR) is 340 cm³/mol. The third-order valence-corrected chi connectivity index (χ3v) is 16.2. The molecule has 0 radical (unpaired) electrons. The van der Waals surface area contributed by atoms with Gasteiger partial charge in [-0.2, -0.15) is 0 Å². The van der Waals surface area contributed by atoms with Gasteiger partial charge in [-0.05, 0) is 51.4 Å². The average Bonchev–Trinajstić information content (AvgIpc) is 3.55. The highest BCUT2D eigenvalue weighted by atomic mass is 16.7. The molecule has 1 saturated heterocycles. The summed E-state index contributed by atoms with van der Waals surface area (Å²) in [7, 11) is 0. The predicted octanol–water partition coefficient (Wildman–Crippen LogP) is 19.1. The van der Waals surface area contributed by atoms with E-state index < -0.39 is 67.3 Å². The van der Waals surface area contributed by atoms with E-state index in [9.17, 15) is 34.5 Å². The maximum absolute atomic E-state index is 13.2. The van der Waals surface area contributed by atoms with Gasteiger partial charge in [0.1, 0.15) is 18.8 Å². The first kappa shape index (κ1) is 78.0. The number of carbonyl (C=O) groups excluding carboxylic acids is 3. The lowest BCUT2D eigenvalue weighted by Crippen LogP contribution is -2.61. The Labute approximate surface area is 508 Å². The summed E-state index contributed by atoms with van der Waals surface area (Å²) in [6, 6.07) is 0. The first-order valence-corrected chi connectivity index (χ1v) is 35.0. The van der Waals surface area contributed by atoms with Crippen LogP contribution >= 0.6 is 0 Å². The third-order valence-electron chi connectivity index (χ3n) is 16.2. The van der Waals surface area contributed by atoms with Gasteiger partial charge in [-0.1, -0.05) is 308 Å². The molecule has 83 heavy (non-hydrogen) atoms. The summed E-state index contributed by atoms with van der Waals surface area (Å²) in [5.41, 5.74) is 0. The maximum Gasteiger partial charge on any atom is 0.335 e. The number of esters is 3. The number of unbranched alkanes of at least 4 members (excludes halogenated alkanes) is 41. The lowest BCUT2D eigenvalue weighted by molar-refractivity contribution is -0.301. The third kappa shape index (κ3) is 48.7. The quantitative estimate of drug-likeness (QED) is 0.0228. The van der Waals surface area contributed by atoms with E-state index in [1.165, 1.54) is 180 Å². The fourth-order valence-electron chi connectivity index (χ4n) is 10.9. The zero-order chi connectivity index (χ0) is 60.3. The molecule has 0 amide bonds. The molecule has 6 atom stereocenters. The van der Waals surface area contributed by atoms with Crippen LogP contribution in [0.3, 0.4) is 0 Å². The highest BCUT2D eigenvalue weighted by Gasteiger charge is 2.50. The Morgan fingerprint density at radius 1 is 0.410 bits per heavy atom. The van der Waals surface area contributed by atoms with Crippen molar-refractivity contribution in [2.45, 2.75) is 379 Å². The van der Waals surface area contributed by atoms with Gasteiger partial charge in [0.15, 0.2) is 24.6 Å². The molecule has 12 nitrogen and oxygen atoms in total. The van der Waals surface area contributed by atoms with Crippen molar-refractivity contribution in [1.29, 1.82) is 0 Å². The molecule has 1 aliphatic rings. The van der Waals surface area contributed by atoms with E-state index >= 15 is 0 Å². The fourth-order valence-corrected chi connectivity index (χ4v) is 10.9. The molecule has 1 rings (SSSR count). The fraction of sp³-hybridized carbons (Fsp3) is 0.859. The molecule has 0 saturated carbocycles. The van der Waals surface area contributed by atoms with E-state index in [2.05, 4.69) is 57.2 Å². The van der Waals surface area contributed by atoms with Gasteiger partial charge in [-0.3, -0.25) is 14.4 Å². The number of aliphatic hydroxyl groups excluding tert-OH is 2. The molecule has 0 bridgehead atoms. The maximum atomic E-state index is 13.2. The van der Waals surface area contributed by atoms with E-state index in [0.717, 1.165) is 103 Å². The summed E-state index contributed by atoms with van der Waals surface area (Å²) < 4.78 is 28.6. The number of carboxylic acids is 1. The van der Waals surface area contributed by atoms with Crippen LogP contribution in [0.2, 0.25) is 0 Å². The molecule has 3 N–H and O–H groups in total. The van der Waals surface area contributed by atoms with Gasteiger partial charge in [-0.25, -0.2) is 4.79 Å². The van der Waals surface area contributed by atoms with E-state index in [1.54, 1.807) is 0 Å². The van der Waals surface area contributed by atoms with E-state index in [1.807, 2.05) is 0 Å². The van der Waals surface area contributed by atoms with Crippen LogP contribution in [0.4, 0.5) is 0 Å². The smallest absolute Gasteiger partial charge is 0.335 e. The summed E-state index contributed by atoms with van der Waals surface area (Å²) in [4.78, 5) is 51.5. The molecule has 12 heteroatoms. The molecular weight excluding hydrogens is 1040 g/mol. The van der Waals surface area contributed by atoms with Gasteiger partial charge in [0.05, 0.1) is 6.61 Å². The minimum Gasteiger partial charge on any atom is -0.479 e. The number of carbonyl (C=O) groups is 4. The van der Waals surface area contributed by atoms with Crippen molar-refractivity contribution in [1.82, 2.24) is 0 Å². The van der Waals surface area contributed by atoms with Crippen molar-refractivity contribution in [3.05, 3.63) is 36.5 Å². The number of carboxylic acid groups (broad SMARTS) is 1. The van der Waals surface area contributed by atoms with Crippen molar-refractivity contribution in [2.24, 2.45) is 0 Å². The topological polar surface area (TPSA) is 175 Å². The van der Waals surface area contributed by atoms with Gasteiger partial charge in [0.25, 0.3) is 0 Å². The zero-order valence-electron chi connectivity index (χ0n) is 53.7. The minimum absolute atomic E-state index is 0.0532. The standard InChI is InChI=1S/C71H128O12/c1-4-7-10-13-16-19-22-25-28-31-32-35-36-39-42-45-48-51-54-57-63(72)79-60-62(81-64(73)58-55-52-49-46-43-40-37-33-29-26-23-20-17-14-11-8-5-2)61-80-71-69(67(76)66(75)68(83-71)70(77)78)82-65(74)59-56-53-50-47-44-41-38-34-30-27-24-21-18-15-12-9-6-3/h9,12,18,21,27,30,62,66-69,71,75-76H,4-8,10-11,13-17,19-20,22-26,28-29,31-61H2,1-3H3,(H,77,78)/b12-9-,21-18-,30-27-. The number of rotatable bonds is 61. The Kier molecular flexibility index (Phi) is 55.7. The average molecular weight is 1170 g/mol. The summed E-state index contributed by atoms with van der Waals surface area (Å²) in [5.74, 6) is -3.09. The molecule has 6 unspecified atom stereocenters. The Balaban J connectivity index is 2.62. The molecule has 1 aliphatic heterocycles. The lowest BCUT2D eigenvalue weighted by atomic mass is 9.98. The molecule has 1 heterocycles. The second kappa shape index (κ2) is 59.3. The SMILES string of the molecule is CC/C=C\C/C=C\C/C=C\CCCCCCCCCC(=O)OC1C(OCC(COC(=O)CCCCCCCCCCCCCCCCCCCCC)OC(=O)CCCCCCCCCCCCCCCCCCC)OC(C(=O)O)C(O)C1O. The van der Waals surface area contributed by atoms with Gasteiger partial charge in [-0.15, -0.1) is 0 Å². The molecule has 0 aromatic heterocycles. The minimum atomic E-state index is -1.90. The van der Waals surface area contributed by atoms with Crippen LogP contribution in [0.15, 0.2) is 36.5 Å². The Hall–Kier alpha value is -3.06. The van der Waals surface area contributed by atoms with E-state index in [0.29, 0.717) is 19.3 Å². The highest BCUT2D eigenvalue weighted by Crippen LogP contribution is 2.27. The summed E-state index contributed by atoms with van der Waals surface area (Å²) in [6.45, 7) is 5.96. The normalized spacial score (nSPS) is 17.7. The summed E-state index contributed by atoms with van der Waals surface area (Å²) in [5, 5.41) is 31.6. The van der Waals surface area contributed by atoms with Crippen molar-refractivity contribution < 1.29 is 58.2 Å². The monoisotopic (exact) mass is 1170 g/mol. The lowest BCUT2D eigenvalue weighted by Gasteiger charge is -2.40. The van der Waals surface area contributed by atoms with Crippen LogP contribution in [0.5, 0.6) is 0 Å². The number of ether oxygens (including phenoxy) is 5. The number of aliphatic carboxylic acids is 1. The number of aliphatic hydroxyl groups is 2. The molecule has 0 spiro atoms. The van der Waals surface area contributed by atoms with Gasteiger partial charge in [0, 0.05) is 19.3 Å². The Morgan fingerprint density at radius 2 is 0.759 bits per heavy atom. The first-order chi connectivity index (χ1) is 40.6. The second-order valence-corrected chi connectivity index (χ2v) is 24.2. The van der Waals surface area contributed by atoms with Crippen LogP contribution in [0, 0.1) is 0 Å². The summed E-state index contributed by atoms with van der Waals surface area (Å²) >= 11 is 0. The van der Waals surface area contributed by atoms with Crippen LogP contribution in [-0.2, 0) is 42.9 Å². The van der Waals surface area contributed by atoms with Crippen LogP contribution in [0.25, 0.3) is 0 Å². The van der Waals surface area contributed by atoms with Gasteiger partial charge in [0.2, 0.25) is 0 Å². The van der Waals surface area contributed by atoms with Crippen molar-refractivity contribution in [3.63, 3.8) is 0 Å². The zero-order valence-corrected chi connectivity index (χ0v) is 53.7. The number of hydrogen-bond acceptors (Lipinski definition) is 11. The Bertz CT molecular complexity index is 1580. The van der Waals surface area contributed by atoms with Crippen LogP contribution in [-0.4, -0.2) is 89.2 Å². The number of allylic oxidation sites excluding steroid dienone is 6. The van der Waals surface area contributed by atoms with Crippen molar-refractivity contribution in [3.8, 4) is 0 Å². The van der Waals surface area contributed by atoms with Crippen molar-refractivity contribution in [2.75, 3.05) is 13.2 Å². The molecule has 0 aromatic rings. The molecular formula is C71H128O12. The second-order valence-electron chi connectivity index (χ2n) is 24.2. The van der Waals surface area contributed by atoms with E-state index in [4.69, 9.17) is 23.7 Å². The number of hydrogen-bond donors (Lipinski definition) is 3. The summed E-state index contributed by atoms with van der Waals surface area (Å²) in [6.07, 6.45) is 59.6. The highest BCUT2D eigenvalue weighted by molar-refractivity contribution is 5.74. The van der Waals surface area contributed by atoms with Crippen molar-refractivity contribution >= 4 is 23.9 Å². The molecule has 0 aromatic carbocycles. The molecule has 0 aliphatic carbocycles.